The molecule has 2 rings (SSSR count). The standard InChI is InChI=1S/C15H29NO/c1-15(10-4-3-5-11-15)14(16-2)9-8-13-7-6-12-17-13/h13-14,16H,3-12H2,1-2H3. The maximum absolute atomic E-state index is 5.74. The summed E-state index contributed by atoms with van der Waals surface area (Å²) in [5.41, 5.74) is 0.533. The maximum Gasteiger partial charge on any atom is 0.0576 e. The summed E-state index contributed by atoms with van der Waals surface area (Å²) in [6, 6.07) is 0.687. The number of rotatable bonds is 5. The summed E-state index contributed by atoms with van der Waals surface area (Å²) in [6.45, 7) is 3.48. The molecule has 2 unspecified atom stereocenters. The molecule has 1 saturated carbocycles. The second-order valence-electron chi connectivity index (χ2n) is 6.27. The Bertz CT molecular complexity index is 217. The molecule has 0 radical (unpaired) electrons. The number of hydrogen-bond donors (Lipinski definition) is 1. The van der Waals surface area contributed by atoms with Crippen molar-refractivity contribution in [3.8, 4) is 0 Å². The van der Waals surface area contributed by atoms with Gasteiger partial charge in [0.2, 0.25) is 0 Å². The summed E-state index contributed by atoms with van der Waals surface area (Å²) < 4.78 is 5.74. The molecular weight excluding hydrogens is 210 g/mol. The van der Waals surface area contributed by atoms with Crippen LogP contribution in [0.5, 0.6) is 0 Å². The quantitative estimate of drug-likeness (QED) is 0.793. The molecule has 0 spiro atoms. The lowest BCUT2D eigenvalue weighted by molar-refractivity contribution is 0.0836. The van der Waals surface area contributed by atoms with Gasteiger partial charge in [-0.2, -0.15) is 0 Å². The van der Waals surface area contributed by atoms with Crippen LogP contribution in [0.3, 0.4) is 0 Å². The summed E-state index contributed by atoms with van der Waals surface area (Å²) in [6.07, 6.45) is 12.8. The van der Waals surface area contributed by atoms with Gasteiger partial charge in [0.25, 0.3) is 0 Å². The van der Waals surface area contributed by atoms with Crippen LogP contribution in [0, 0.1) is 5.41 Å². The minimum Gasteiger partial charge on any atom is -0.378 e. The van der Waals surface area contributed by atoms with Crippen LogP contribution in [0.1, 0.15) is 64.7 Å². The molecule has 1 saturated heterocycles. The molecular formula is C15H29NO. The van der Waals surface area contributed by atoms with Crippen molar-refractivity contribution in [2.24, 2.45) is 5.41 Å². The van der Waals surface area contributed by atoms with Gasteiger partial charge in [-0.05, 0) is 51.0 Å². The van der Waals surface area contributed by atoms with Gasteiger partial charge in [0.05, 0.1) is 6.10 Å². The van der Waals surface area contributed by atoms with Crippen molar-refractivity contribution in [2.45, 2.75) is 76.9 Å². The van der Waals surface area contributed by atoms with E-state index in [0.29, 0.717) is 17.6 Å². The normalized spacial score (nSPS) is 30.4. The van der Waals surface area contributed by atoms with Crippen LogP contribution in [0.15, 0.2) is 0 Å². The predicted molar refractivity (Wildman–Crippen MR) is 72.2 cm³/mol. The van der Waals surface area contributed by atoms with Gasteiger partial charge < -0.3 is 10.1 Å². The van der Waals surface area contributed by atoms with E-state index in [1.165, 1.54) is 57.8 Å². The van der Waals surface area contributed by atoms with Gasteiger partial charge in [0.1, 0.15) is 0 Å². The molecule has 2 aliphatic rings. The van der Waals surface area contributed by atoms with Gasteiger partial charge in [-0.15, -0.1) is 0 Å². The molecule has 17 heavy (non-hydrogen) atoms. The van der Waals surface area contributed by atoms with Gasteiger partial charge >= 0.3 is 0 Å². The summed E-state index contributed by atoms with van der Waals surface area (Å²) in [5, 5.41) is 3.58. The molecule has 0 amide bonds. The lowest BCUT2D eigenvalue weighted by Crippen LogP contribution is -2.43. The van der Waals surface area contributed by atoms with E-state index in [-0.39, 0.29) is 0 Å². The Morgan fingerprint density at radius 3 is 2.59 bits per heavy atom. The van der Waals surface area contributed by atoms with Gasteiger partial charge in [0, 0.05) is 12.6 Å². The van der Waals surface area contributed by atoms with Gasteiger partial charge in [0.15, 0.2) is 0 Å². The van der Waals surface area contributed by atoms with Crippen LogP contribution in [0.4, 0.5) is 0 Å². The summed E-state index contributed by atoms with van der Waals surface area (Å²) in [5.74, 6) is 0. The largest absolute Gasteiger partial charge is 0.378 e. The van der Waals surface area contributed by atoms with Gasteiger partial charge in [-0.25, -0.2) is 0 Å². The molecule has 2 fully saturated rings. The Balaban J connectivity index is 1.81. The fourth-order valence-electron chi connectivity index (χ4n) is 3.77. The summed E-state index contributed by atoms with van der Waals surface area (Å²) >= 11 is 0. The minimum absolute atomic E-state index is 0.533. The number of nitrogens with one attached hydrogen (secondary N) is 1. The Morgan fingerprint density at radius 2 is 2.00 bits per heavy atom. The van der Waals surface area contributed by atoms with E-state index < -0.39 is 0 Å². The first kappa shape index (κ1) is 13.4. The number of hydrogen-bond acceptors (Lipinski definition) is 2. The van der Waals surface area contributed by atoms with E-state index in [0.717, 1.165) is 6.61 Å². The first-order chi connectivity index (χ1) is 8.24. The molecule has 0 aromatic heterocycles. The Hall–Kier alpha value is -0.0800. The van der Waals surface area contributed by atoms with Gasteiger partial charge in [-0.3, -0.25) is 0 Å². The van der Waals surface area contributed by atoms with Crippen molar-refractivity contribution in [1.29, 1.82) is 0 Å². The molecule has 2 atom stereocenters. The topological polar surface area (TPSA) is 21.3 Å². The maximum atomic E-state index is 5.74. The molecule has 1 aliphatic carbocycles. The molecule has 1 aliphatic heterocycles. The summed E-state index contributed by atoms with van der Waals surface area (Å²) in [7, 11) is 2.14. The molecule has 1 heterocycles. The fourth-order valence-corrected chi connectivity index (χ4v) is 3.77. The first-order valence-corrected chi connectivity index (χ1v) is 7.53. The highest BCUT2D eigenvalue weighted by Gasteiger charge is 2.34. The zero-order valence-corrected chi connectivity index (χ0v) is 11.6. The molecule has 2 heteroatoms. The van der Waals surface area contributed by atoms with Crippen molar-refractivity contribution >= 4 is 0 Å². The smallest absolute Gasteiger partial charge is 0.0576 e. The Labute approximate surface area is 107 Å². The lowest BCUT2D eigenvalue weighted by Gasteiger charge is -2.41. The van der Waals surface area contributed by atoms with E-state index in [2.05, 4.69) is 19.3 Å². The van der Waals surface area contributed by atoms with Crippen LogP contribution in [0.2, 0.25) is 0 Å². The molecule has 2 nitrogen and oxygen atoms in total. The van der Waals surface area contributed by atoms with Crippen molar-refractivity contribution in [1.82, 2.24) is 5.32 Å². The van der Waals surface area contributed by atoms with Crippen molar-refractivity contribution in [2.75, 3.05) is 13.7 Å². The van der Waals surface area contributed by atoms with E-state index in [4.69, 9.17) is 4.74 Å². The SMILES string of the molecule is CNC(CCC1CCCO1)C1(C)CCCCC1. The van der Waals surface area contributed by atoms with Gasteiger partial charge in [-0.1, -0.05) is 26.2 Å². The fraction of sp³-hybridized carbons (Fsp3) is 1.00. The second-order valence-corrected chi connectivity index (χ2v) is 6.27. The highest BCUT2D eigenvalue weighted by Crippen LogP contribution is 2.40. The van der Waals surface area contributed by atoms with E-state index >= 15 is 0 Å². The van der Waals surface area contributed by atoms with Crippen LogP contribution in [-0.4, -0.2) is 25.8 Å². The summed E-state index contributed by atoms with van der Waals surface area (Å²) in [4.78, 5) is 0. The minimum atomic E-state index is 0.533. The third kappa shape index (κ3) is 3.45. The van der Waals surface area contributed by atoms with Crippen LogP contribution in [0.25, 0.3) is 0 Å². The van der Waals surface area contributed by atoms with Crippen LogP contribution >= 0.6 is 0 Å². The van der Waals surface area contributed by atoms with E-state index in [1.54, 1.807) is 0 Å². The zero-order valence-electron chi connectivity index (χ0n) is 11.6. The van der Waals surface area contributed by atoms with Crippen molar-refractivity contribution in [3.05, 3.63) is 0 Å². The second kappa shape index (κ2) is 6.19. The average Bonchev–Trinajstić information content (AvgIpc) is 2.83. The molecule has 0 aromatic rings. The van der Waals surface area contributed by atoms with Crippen LogP contribution < -0.4 is 5.32 Å². The molecule has 0 bridgehead atoms. The Morgan fingerprint density at radius 1 is 1.24 bits per heavy atom. The molecule has 100 valence electrons. The highest BCUT2D eigenvalue weighted by atomic mass is 16.5. The highest BCUT2D eigenvalue weighted by molar-refractivity contribution is 4.89. The lowest BCUT2D eigenvalue weighted by atomic mass is 9.69. The molecule has 1 N–H and O–H groups in total. The zero-order chi connectivity index (χ0) is 12.1. The van der Waals surface area contributed by atoms with Crippen molar-refractivity contribution < 1.29 is 4.74 Å². The van der Waals surface area contributed by atoms with E-state index in [1.807, 2.05) is 0 Å². The predicted octanol–water partition coefficient (Wildman–Crippen LogP) is 3.50. The first-order valence-electron chi connectivity index (χ1n) is 7.53. The monoisotopic (exact) mass is 239 g/mol. The molecule has 0 aromatic carbocycles. The Kier molecular flexibility index (Phi) is 4.87. The third-order valence-electron chi connectivity index (χ3n) is 4.99. The van der Waals surface area contributed by atoms with Crippen molar-refractivity contribution in [3.63, 3.8) is 0 Å². The number of ether oxygens (including phenoxy) is 1. The van der Waals surface area contributed by atoms with E-state index in [9.17, 15) is 0 Å². The average molecular weight is 239 g/mol. The third-order valence-corrected chi connectivity index (χ3v) is 4.99. The van der Waals surface area contributed by atoms with Crippen LogP contribution in [-0.2, 0) is 4.74 Å².